The van der Waals surface area contributed by atoms with Gasteiger partial charge in [0.25, 0.3) is 0 Å². The molecule has 1 unspecified atom stereocenters. The van der Waals surface area contributed by atoms with E-state index in [-0.39, 0.29) is 12.6 Å². The molecule has 1 heterocycles. The van der Waals surface area contributed by atoms with Crippen molar-refractivity contribution in [1.82, 2.24) is 4.90 Å². The van der Waals surface area contributed by atoms with Crippen molar-refractivity contribution in [3.63, 3.8) is 0 Å². The molecule has 0 bridgehead atoms. The minimum Gasteiger partial charge on any atom is -0.494 e. The van der Waals surface area contributed by atoms with Crippen LogP contribution in [0.25, 0.3) is 0 Å². The van der Waals surface area contributed by atoms with Crippen LogP contribution in [0.15, 0.2) is 54.6 Å². The maximum Gasteiger partial charge on any atom is 0.330 e. The van der Waals surface area contributed by atoms with E-state index in [2.05, 4.69) is 4.90 Å². The van der Waals surface area contributed by atoms with Crippen LogP contribution in [0.2, 0.25) is 5.02 Å². The van der Waals surface area contributed by atoms with E-state index in [1.807, 2.05) is 49.4 Å². The number of ether oxygens (including phenoxy) is 3. The van der Waals surface area contributed by atoms with Crippen LogP contribution < -0.4 is 9.47 Å². The Morgan fingerprint density at radius 1 is 1.00 bits per heavy atom. The lowest BCUT2D eigenvalue weighted by atomic mass is 9.94. The molecule has 29 heavy (non-hydrogen) atoms. The highest BCUT2D eigenvalue weighted by Gasteiger charge is 2.47. The number of likely N-dealkylation sites (tertiary alicyclic amines) is 1. The van der Waals surface area contributed by atoms with Gasteiger partial charge in [0.1, 0.15) is 18.1 Å². The van der Waals surface area contributed by atoms with Crippen LogP contribution in [0.3, 0.4) is 0 Å². The van der Waals surface area contributed by atoms with Crippen LogP contribution in [-0.4, -0.2) is 49.3 Å². The smallest absolute Gasteiger partial charge is 0.330 e. The third-order valence-electron chi connectivity index (χ3n) is 5.19. The molecule has 0 N–H and O–H groups in total. The van der Waals surface area contributed by atoms with Crippen LogP contribution in [0, 0.1) is 0 Å². The van der Waals surface area contributed by atoms with Crippen molar-refractivity contribution in [1.29, 1.82) is 0 Å². The van der Waals surface area contributed by atoms with E-state index < -0.39 is 5.54 Å². The molecule has 0 amide bonds. The highest BCUT2D eigenvalue weighted by atomic mass is 35.5. The van der Waals surface area contributed by atoms with Crippen molar-refractivity contribution in [2.24, 2.45) is 0 Å². The van der Waals surface area contributed by atoms with Crippen LogP contribution >= 0.6 is 11.6 Å². The predicted octanol–water partition coefficient (Wildman–Crippen LogP) is 4.59. The van der Waals surface area contributed by atoms with Crippen LogP contribution in [0.1, 0.15) is 26.2 Å². The van der Waals surface area contributed by atoms with Crippen molar-refractivity contribution >= 4 is 17.6 Å². The van der Waals surface area contributed by atoms with Gasteiger partial charge in [0, 0.05) is 11.4 Å². The summed E-state index contributed by atoms with van der Waals surface area (Å²) in [4.78, 5) is 15.3. The zero-order valence-corrected chi connectivity index (χ0v) is 17.6. The zero-order valence-electron chi connectivity index (χ0n) is 16.8. The van der Waals surface area contributed by atoms with Gasteiger partial charge in [-0.2, -0.15) is 0 Å². The molecule has 2 aromatic carbocycles. The molecule has 3 rings (SSSR count). The minimum atomic E-state index is -0.880. The summed E-state index contributed by atoms with van der Waals surface area (Å²) < 4.78 is 17.5. The van der Waals surface area contributed by atoms with E-state index in [0.717, 1.165) is 37.4 Å². The normalized spacial score (nSPS) is 16.2. The monoisotopic (exact) mass is 417 g/mol. The molecule has 1 aliphatic rings. The minimum absolute atomic E-state index is 0.222. The lowest BCUT2D eigenvalue weighted by Crippen LogP contribution is -2.59. The largest absolute Gasteiger partial charge is 0.494 e. The maximum atomic E-state index is 13.1. The van der Waals surface area contributed by atoms with Crippen molar-refractivity contribution in [2.45, 2.75) is 31.7 Å². The Morgan fingerprint density at radius 2 is 1.66 bits per heavy atom. The Kier molecular flexibility index (Phi) is 7.78. The molecule has 0 radical (unpaired) electrons. The quantitative estimate of drug-likeness (QED) is 0.529. The van der Waals surface area contributed by atoms with Gasteiger partial charge in [-0.1, -0.05) is 29.8 Å². The second-order valence-corrected chi connectivity index (χ2v) is 7.54. The molecule has 1 aliphatic heterocycles. The number of hydrogen-bond donors (Lipinski definition) is 0. The fourth-order valence-corrected chi connectivity index (χ4v) is 3.74. The zero-order chi connectivity index (χ0) is 20.5. The molecular formula is C23H28ClNO4. The second kappa shape index (κ2) is 10.5. The molecular weight excluding hydrogens is 390 g/mol. The summed E-state index contributed by atoms with van der Waals surface area (Å²) in [5, 5.41) is 0.659. The van der Waals surface area contributed by atoms with E-state index >= 15 is 0 Å². The summed E-state index contributed by atoms with van der Waals surface area (Å²) in [6.45, 7) is 4.44. The van der Waals surface area contributed by atoms with E-state index in [1.54, 1.807) is 12.1 Å². The van der Waals surface area contributed by atoms with Crippen LogP contribution in [0.4, 0.5) is 0 Å². The Bertz CT molecular complexity index is 762. The highest BCUT2D eigenvalue weighted by Crippen LogP contribution is 2.29. The third kappa shape index (κ3) is 5.64. The molecule has 1 fully saturated rings. The molecule has 156 valence electrons. The SMILES string of the molecule is CCOC(=O)C(CCOc1ccc(Cl)cc1)(COc1ccccc1)N1CCCC1. The molecule has 6 heteroatoms. The van der Waals surface area contributed by atoms with Gasteiger partial charge in [0.15, 0.2) is 5.54 Å². The van der Waals surface area contributed by atoms with Crippen molar-refractivity contribution in [3.8, 4) is 11.5 Å². The Hall–Kier alpha value is -2.24. The first-order chi connectivity index (χ1) is 14.1. The Morgan fingerprint density at radius 3 is 2.31 bits per heavy atom. The number of hydrogen-bond acceptors (Lipinski definition) is 5. The van der Waals surface area contributed by atoms with Crippen LogP contribution in [0.5, 0.6) is 11.5 Å². The molecule has 1 saturated heterocycles. The topological polar surface area (TPSA) is 48.0 Å². The summed E-state index contributed by atoms with van der Waals surface area (Å²) in [6.07, 6.45) is 2.59. The fourth-order valence-electron chi connectivity index (χ4n) is 3.61. The van der Waals surface area contributed by atoms with Crippen molar-refractivity contribution < 1.29 is 19.0 Å². The van der Waals surface area contributed by atoms with Crippen molar-refractivity contribution in [3.05, 3.63) is 59.6 Å². The van der Waals surface area contributed by atoms with Crippen molar-refractivity contribution in [2.75, 3.05) is 32.9 Å². The third-order valence-corrected chi connectivity index (χ3v) is 5.44. The second-order valence-electron chi connectivity index (χ2n) is 7.10. The number of halogens is 1. The van der Waals surface area contributed by atoms with E-state index in [9.17, 15) is 4.79 Å². The summed E-state index contributed by atoms with van der Waals surface area (Å²) in [6, 6.07) is 16.8. The van der Waals surface area contributed by atoms with Gasteiger partial charge in [0.05, 0.1) is 13.2 Å². The number of carbonyl (C=O) groups excluding carboxylic acids is 1. The maximum absolute atomic E-state index is 13.1. The first-order valence-corrected chi connectivity index (χ1v) is 10.5. The summed E-state index contributed by atoms with van der Waals surface area (Å²) >= 11 is 5.94. The van der Waals surface area contributed by atoms with Crippen LogP contribution in [-0.2, 0) is 9.53 Å². The van der Waals surface area contributed by atoms with Gasteiger partial charge in [0.2, 0.25) is 0 Å². The molecule has 0 spiro atoms. The summed E-state index contributed by atoms with van der Waals surface area (Å²) in [5.41, 5.74) is -0.880. The molecule has 0 aromatic heterocycles. The lowest BCUT2D eigenvalue weighted by molar-refractivity contribution is -0.161. The number of nitrogens with zero attached hydrogens (tertiary/aromatic N) is 1. The molecule has 5 nitrogen and oxygen atoms in total. The van der Waals surface area contributed by atoms with Gasteiger partial charge in [-0.15, -0.1) is 0 Å². The number of esters is 1. The summed E-state index contributed by atoms with van der Waals surface area (Å²) in [5.74, 6) is 1.20. The van der Waals surface area contributed by atoms with Gasteiger partial charge in [-0.25, -0.2) is 4.79 Å². The average Bonchev–Trinajstić information content (AvgIpc) is 3.28. The van der Waals surface area contributed by atoms with Gasteiger partial charge >= 0.3 is 5.97 Å². The molecule has 1 atom stereocenters. The van der Waals surface area contributed by atoms with E-state index in [1.165, 1.54) is 0 Å². The molecule has 0 saturated carbocycles. The number of carbonyl (C=O) groups is 1. The molecule has 0 aliphatic carbocycles. The predicted molar refractivity (Wildman–Crippen MR) is 114 cm³/mol. The van der Waals surface area contributed by atoms with E-state index in [4.69, 9.17) is 25.8 Å². The number of rotatable bonds is 10. The standard InChI is InChI=1S/C23H28ClNO4/c1-2-27-22(26)23(25-15-6-7-16-25,18-29-20-8-4-3-5-9-20)14-17-28-21-12-10-19(24)11-13-21/h3-5,8-13H,2,6-7,14-18H2,1H3. The first kappa shape index (κ1) is 21.5. The summed E-state index contributed by atoms with van der Waals surface area (Å²) in [7, 11) is 0. The van der Waals surface area contributed by atoms with E-state index in [0.29, 0.717) is 24.7 Å². The Labute approximate surface area is 177 Å². The van der Waals surface area contributed by atoms with Gasteiger partial charge in [-0.3, -0.25) is 4.90 Å². The number of benzene rings is 2. The number of para-hydroxylation sites is 1. The Balaban J connectivity index is 1.76. The fraction of sp³-hybridized carbons (Fsp3) is 0.435. The first-order valence-electron chi connectivity index (χ1n) is 10.1. The molecule has 2 aromatic rings. The lowest BCUT2D eigenvalue weighted by Gasteiger charge is -2.39. The van der Waals surface area contributed by atoms with Gasteiger partial charge in [-0.05, 0) is 69.3 Å². The average molecular weight is 418 g/mol. The highest BCUT2D eigenvalue weighted by molar-refractivity contribution is 6.30. The van der Waals surface area contributed by atoms with Gasteiger partial charge < -0.3 is 14.2 Å².